The molecule has 2 rings (SSSR count). The van der Waals surface area contributed by atoms with Crippen LogP contribution in [0.4, 0.5) is 0 Å². The van der Waals surface area contributed by atoms with E-state index in [4.69, 9.17) is 22.6 Å². The van der Waals surface area contributed by atoms with Gasteiger partial charge in [0.25, 0.3) is 0 Å². The van der Waals surface area contributed by atoms with Gasteiger partial charge in [-0.3, -0.25) is 0 Å². The molecule has 0 aromatic heterocycles. The first-order valence-corrected chi connectivity index (χ1v) is 7.07. The molecule has 1 atom stereocenters. The summed E-state index contributed by atoms with van der Waals surface area (Å²) in [5, 5.41) is 0.514. The molecule has 0 heterocycles. The number of rotatable bonds is 5. The van der Waals surface area contributed by atoms with Crippen LogP contribution in [0.25, 0.3) is 0 Å². The van der Waals surface area contributed by atoms with Crippen molar-refractivity contribution in [2.45, 2.75) is 50.9 Å². The molecule has 2 heteroatoms. The SMILES string of the molecule is [2H]C([2H])(C(C)C)C(N(C([2H])([2H])[2H])C([2H])([2H])[2H])C1(c2ccc(Cl)cc2)CCC1. The molecule has 1 aliphatic rings. The van der Waals surface area contributed by atoms with Gasteiger partial charge in [0.15, 0.2) is 0 Å². The zero-order valence-corrected chi connectivity index (χ0v) is 12.2. The van der Waals surface area contributed by atoms with E-state index >= 15 is 0 Å². The van der Waals surface area contributed by atoms with Crippen molar-refractivity contribution in [1.29, 1.82) is 0 Å². The Balaban J connectivity index is 2.73. The first-order chi connectivity index (χ1) is 12.1. The quantitative estimate of drug-likeness (QED) is 0.756. The average Bonchev–Trinajstić information content (AvgIpc) is 2.43. The minimum absolute atomic E-state index is 0.452. The van der Waals surface area contributed by atoms with Crippen molar-refractivity contribution in [2.24, 2.45) is 5.92 Å². The van der Waals surface area contributed by atoms with E-state index in [2.05, 4.69) is 0 Å². The summed E-state index contributed by atoms with van der Waals surface area (Å²) < 4.78 is 64.7. The molecular weight excluding hydrogens is 254 g/mol. The normalized spacial score (nSPS) is 27.8. The zero-order valence-electron chi connectivity index (χ0n) is 19.4. The summed E-state index contributed by atoms with van der Waals surface area (Å²) in [4.78, 5) is 0.452. The highest BCUT2D eigenvalue weighted by molar-refractivity contribution is 6.30. The predicted molar refractivity (Wildman–Crippen MR) is 83.9 cm³/mol. The maximum atomic E-state index is 8.71. The Labute approximate surface area is 134 Å². The highest BCUT2D eigenvalue weighted by Crippen LogP contribution is 2.49. The number of hydrogen-bond donors (Lipinski definition) is 0. The Morgan fingerprint density at radius 2 is 1.95 bits per heavy atom. The van der Waals surface area contributed by atoms with E-state index in [0.29, 0.717) is 22.8 Å². The second kappa shape index (κ2) is 5.85. The van der Waals surface area contributed by atoms with Crippen LogP contribution in [0.3, 0.4) is 0 Å². The maximum Gasteiger partial charge on any atom is 0.0406 e. The van der Waals surface area contributed by atoms with Crippen LogP contribution in [-0.2, 0) is 5.41 Å². The van der Waals surface area contributed by atoms with Gasteiger partial charge in [-0.1, -0.05) is 44.0 Å². The van der Waals surface area contributed by atoms with Gasteiger partial charge in [-0.2, -0.15) is 0 Å². The van der Waals surface area contributed by atoms with Gasteiger partial charge in [0.2, 0.25) is 0 Å². The third-order valence-electron chi connectivity index (χ3n) is 3.94. The van der Waals surface area contributed by atoms with E-state index in [1.807, 2.05) is 0 Å². The van der Waals surface area contributed by atoms with Crippen molar-refractivity contribution in [3.8, 4) is 0 Å². The van der Waals surface area contributed by atoms with Gasteiger partial charge in [0.1, 0.15) is 0 Å². The van der Waals surface area contributed by atoms with Crippen molar-refractivity contribution >= 4 is 11.6 Å². The summed E-state index contributed by atoms with van der Waals surface area (Å²) in [6.07, 6.45) is -0.214. The molecule has 0 saturated heterocycles. The van der Waals surface area contributed by atoms with Gasteiger partial charge in [-0.05, 0) is 56.8 Å². The summed E-state index contributed by atoms with van der Waals surface area (Å²) in [6.45, 7) is -2.63. The molecule has 1 aromatic rings. The molecule has 0 radical (unpaired) electrons. The van der Waals surface area contributed by atoms with Crippen molar-refractivity contribution in [3.63, 3.8) is 0 Å². The van der Waals surface area contributed by atoms with Crippen LogP contribution in [0, 0.1) is 5.92 Å². The highest BCUT2D eigenvalue weighted by Gasteiger charge is 2.46. The Bertz CT molecular complexity index is 632. The van der Waals surface area contributed by atoms with Gasteiger partial charge >= 0.3 is 0 Å². The monoisotopic (exact) mass is 287 g/mol. The third kappa shape index (κ3) is 2.98. The first-order valence-electron chi connectivity index (χ1n) is 10.7. The molecule has 0 N–H and O–H groups in total. The molecular formula is C17H26ClN. The lowest BCUT2D eigenvalue weighted by atomic mass is 9.58. The average molecular weight is 288 g/mol. The molecule has 0 amide bonds. The number of nitrogens with zero attached hydrogens (tertiary/aromatic N) is 1. The zero-order chi connectivity index (χ0) is 20.8. The van der Waals surface area contributed by atoms with E-state index in [1.54, 1.807) is 38.1 Å². The Morgan fingerprint density at radius 1 is 1.32 bits per heavy atom. The van der Waals surface area contributed by atoms with Crippen molar-refractivity contribution in [3.05, 3.63) is 34.9 Å². The number of hydrogen-bond acceptors (Lipinski definition) is 1. The summed E-state index contributed by atoms with van der Waals surface area (Å²) in [5.74, 6) is -0.570. The van der Waals surface area contributed by atoms with Gasteiger partial charge in [0, 0.05) is 27.4 Å². The van der Waals surface area contributed by atoms with E-state index in [1.165, 1.54) is 0 Å². The molecule has 1 unspecified atom stereocenters. The maximum absolute atomic E-state index is 8.71. The first kappa shape index (κ1) is 7.47. The Morgan fingerprint density at radius 3 is 2.37 bits per heavy atom. The second-order valence-electron chi connectivity index (χ2n) is 5.61. The van der Waals surface area contributed by atoms with Crippen LogP contribution in [0.15, 0.2) is 24.3 Å². The molecule has 19 heavy (non-hydrogen) atoms. The minimum atomic E-state index is -2.97. The molecule has 1 aliphatic carbocycles. The van der Waals surface area contributed by atoms with Crippen molar-refractivity contribution in [1.82, 2.24) is 4.90 Å². The summed E-state index contributed by atoms with van der Waals surface area (Å²) >= 11 is 5.99. The van der Waals surface area contributed by atoms with Crippen LogP contribution in [0.5, 0.6) is 0 Å². The Kier molecular flexibility index (Phi) is 2.30. The fourth-order valence-electron chi connectivity index (χ4n) is 2.86. The minimum Gasteiger partial charge on any atom is -0.306 e. The number of likely N-dealkylation sites (N-methyl/N-ethyl adjacent to an activating group) is 1. The summed E-state index contributed by atoms with van der Waals surface area (Å²) in [6, 6.07) is 5.52. The van der Waals surface area contributed by atoms with Crippen molar-refractivity contribution in [2.75, 3.05) is 14.0 Å². The third-order valence-corrected chi connectivity index (χ3v) is 4.19. The fourth-order valence-corrected chi connectivity index (χ4v) is 2.98. The Hall–Kier alpha value is -0.530. The smallest absolute Gasteiger partial charge is 0.0406 e. The lowest BCUT2D eigenvalue weighted by Gasteiger charge is -2.51. The lowest BCUT2D eigenvalue weighted by Crippen LogP contribution is -2.52. The largest absolute Gasteiger partial charge is 0.306 e. The predicted octanol–water partition coefficient (Wildman–Crippen LogP) is 4.74. The summed E-state index contributed by atoms with van der Waals surface area (Å²) in [5.41, 5.74) is -0.174. The molecule has 1 saturated carbocycles. The van der Waals surface area contributed by atoms with Gasteiger partial charge < -0.3 is 4.90 Å². The van der Waals surface area contributed by atoms with Crippen LogP contribution in [-0.4, -0.2) is 24.9 Å². The molecule has 1 fully saturated rings. The fraction of sp³-hybridized carbons (Fsp3) is 0.647. The molecule has 106 valence electrons. The van der Waals surface area contributed by atoms with E-state index < -0.39 is 37.7 Å². The standard InChI is InChI=1S/C17H26ClN/c1-13(2)12-16(19(3)4)17(10-5-11-17)14-6-8-15(18)9-7-14/h6-9,13,16H,5,10-12H2,1-4H3/i3D3,4D3,12D2. The number of benzene rings is 1. The van der Waals surface area contributed by atoms with E-state index in [9.17, 15) is 0 Å². The van der Waals surface area contributed by atoms with E-state index in [-0.39, 0.29) is 0 Å². The van der Waals surface area contributed by atoms with E-state index in [0.717, 1.165) is 12.0 Å². The van der Waals surface area contributed by atoms with Gasteiger partial charge in [-0.15, -0.1) is 0 Å². The van der Waals surface area contributed by atoms with Crippen molar-refractivity contribution < 1.29 is 11.0 Å². The molecule has 1 aromatic carbocycles. The van der Waals surface area contributed by atoms with Gasteiger partial charge in [0.05, 0.1) is 0 Å². The van der Waals surface area contributed by atoms with Crippen LogP contribution in [0.1, 0.15) is 56.0 Å². The topological polar surface area (TPSA) is 3.24 Å². The van der Waals surface area contributed by atoms with Crippen LogP contribution < -0.4 is 0 Å². The summed E-state index contributed by atoms with van der Waals surface area (Å²) in [7, 11) is 0. The lowest BCUT2D eigenvalue weighted by molar-refractivity contribution is 0.0808. The molecule has 0 spiro atoms. The molecule has 1 nitrogen and oxygen atoms in total. The second-order valence-corrected chi connectivity index (χ2v) is 6.05. The molecule has 0 aliphatic heterocycles. The molecule has 0 bridgehead atoms. The van der Waals surface area contributed by atoms with Crippen LogP contribution in [0.2, 0.25) is 5.02 Å². The van der Waals surface area contributed by atoms with Gasteiger partial charge in [-0.25, -0.2) is 0 Å². The van der Waals surface area contributed by atoms with Crippen LogP contribution >= 0.6 is 11.6 Å². The number of halogens is 1. The highest BCUT2D eigenvalue weighted by atomic mass is 35.5.